The molecule has 0 bridgehead atoms. The minimum atomic E-state index is -0.227. The number of aromatic nitrogens is 2. The molecule has 5 nitrogen and oxygen atoms in total. The molecule has 2 N–H and O–H groups in total. The van der Waals surface area contributed by atoms with Crippen LogP contribution in [-0.2, 0) is 6.54 Å². The summed E-state index contributed by atoms with van der Waals surface area (Å²) in [6, 6.07) is 16.9. The fourth-order valence-corrected chi connectivity index (χ4v) is 2.50. The summed E-state index contributed by atoms with van der Waals surface area (Å²) in [5.74, 6) is -0.227. The van der Waals surface area contributed by atoms with Gasteiger partial charge in [0, 0.05) is 16.4 Å². The number of carbonyl (C=O) groups is 1. The van der Waals surface area contributed by atoms with Gasteiger partial charge in [-0.3, -0.25) is 9.78 Å². The van der Waals surface area contributed by atoms with Crippen LogP contribution in [0.15, 0.2) is 71.5 Å². The Balaban J connectivity index is 1.60. The molecule has 0 aliphatic carbocycles. The van der Waals surface area contributed by atoms with Crippen LogP contribution in [0.2, 0.25) is 0 Å². The van der Waals surface area contributed by atoms with Gasteiger partial charge in [-0.1, -0.05) is 28.1 Å². The number of benzene rings is 1. The largest absolute Gasteiger partial charge is 0.354 e. The summed E-state index contributed by atoms with van der Waals surface area (Å²) in [7, 11) is 0. The topological polar surface area (TPSA) is 66.9 Å². The molecule has 3 rings (SSSR count). The number of rotatable bonds is 5. The van der Waals surface area contributed by atoms with Crippen molar-refractivity contribution in [2.75, 3.05) is 5.32 Å². The Morgan fingerprint density at radius 2 is 1.92 bits per heavy atom. The third-order valence-corrected chi connectivity index (χ3v) is 3.76. The van der Waals surface area contributed by atoms with Crippen LogP contribution < -0.4 is 10.6 Å². The van der Waals surface area contributed by atoms with E-state index in [1.165, 1.54) is 0 Å². The number of amides is 1. The van der Waals surface area contributed by atoms with Gasteiger partial charge in [-0.25, -0.2) is 4.98 Å². The lowest BCUT2D eigenvalue weighted by atomic mass is 10.2. The van der Waals surface area contributed by atoms with Crippen molar-refractivity contribution in [3.63, 3.8) is 0 Å². The van der Waals surface area contributed by atoms with E-state index >= 15 is 0 Å². The second-order valence-corrected chi connectivity index (χ2v) is 5.99. The number of pyridine rings is 2. The Labute approximate surface area is 148 Å². The number of hydrogen-bond acceptors (Lipinski definition) is 4. The zero-order valence-electron chi connectivity index (χ0n) is 12.7. The SMILES string of the molecule is O=C(NCc1ccccn1)c1ccc(Nc2cccc(Br)c2)cn1. The number of hydrogen-bond donors (Lipinski definition) is 2. The van der Waals surface area contributed by atoms with E-state index in [1.54, 1.807) is 18.5 Å². The van der Waals surface area contributed by atoms with Gasteiger partial charge in [-0.2, -0.15) is 0 Å². The summed E-state index contributed by atoms with van der Waals surface area (Å²) >= 11 is 3.43. The standard InChI is InChI=1S/C18H15BrN4O/c19-13-4-3-6-14(10-13)23-16-7-8-17(21-12-16)18(24)22-11-15-5-1-2-9-20-15/h1-10,12,23H,11H2,(H,22,24). The van der Waals surface area contributed by atoms with E-state index in [9.17, 15) is 4.79 Å². The van der Waals surface area contributed by atoms with Crippen LogP contribution in [0.5, 0.6) is 0 Å². The zero-order chi connectivity index (χ0) is 16.8. The minimum Gasteiger partial charge on any atom is -0.354 e. The predicted octanol–water partition coefficient (Wildman–Crippen LogP) is 3.91. The first-order valence-corrected chi connectivity index (χ1v) is 8.17. The third-order valence-electron chi connectivity index (χ3n) is 3.27. The Hall–Kier alpha value is -2.73. The number of nitrogens with zero attached hydrogens (tertiary/aromatic N) is 2. The van der Waals surface area contributed by atoms with Crippen molar-refractivity contribution in [2.45, 2.75) is 6.54 Å². The van der Waals surface area contributed by atoms with Crippen LogP contribution in [0, 0.1) is 0 Å². The van der Waals surface area contributed by atoms with E-state index in [0.717, 1.165) is 21.5 Å². The van der Waals surface area contributed by atoms with Crippen molar-refractivity contribution in [3.05, 3.63) is 82.9 Å². The van der Waals surface area contributed by atoms with Crippen molar-refractivity contribution in [3.8, 4) is 0 Å². The van der Waals surface area contributed by atoms with Crippen molar-refractivity contribution in [1.82, 2.24) is 15.3 Å². The van der Waals surface area contributed by atoms with Gasteiger partial charge in [0.05, 0.1) is 24.1 Å². The maximum absolute atomic E-state index is 12.1. The van der Waals surface area contributed by atoms with E-state index in [-0.39, 0.29) is 5.91 Å². The number of halogens is 1. The normalized spacial score (nSPS) is 10.2. The second kappa shape index (κ2) is 7.70. The van der Waals surface area contributed by atoms with Crippen molar-refractivity contribution in [2.24, 2.45) is 0 Å². The van der Waals surface area contributed by atoms with E-state index < -0.39 is 0 Å². The molecule has 120 valence electrons. The maximum Gasteiger partial charge on any atom is 0.270 e. The Morgan fingerprint density at radius 1 is 1.00 bits per heavy atom. The van der Waals surface area contributed by atoms with Crippen molar-refractivity contribution in [1.29, 1.82) is 0 Å². The lowest BCUT2D eigenvalue weighted by molar-refractivity contribution is 0.0945. The fraction of sp³-hybridized carbons (Fsp3) is 0.0556. The van der Waals surface area contributed by atoms with Crippen molar-refractivity contribution < 1.29 is 4.79 Å². The van der Waals surface area contributed by atoms with Gasteiger partial charge in [0.15, 0.2) is 0 Å². The predicted molar refractivity (Wildman–Crippen MR) is 97.1 cm³/mol. The van der Waals surface area contributed by atoms with Crippen molar-refractivity contribution >= 4 is 33.2 Å². The summed E-state index contributed by atoms with van der Waals surface area (Å²) in [6.45, 7) is 0.374. The highest BCUT2D eigenvalue weighted by Gasteiger charge is 2.07. The van der Waals surface area contributed by atoms with E-state index in [4.69, 9.17) is 0 Å². The molecule has 0 radical (unpaired) electrons. The Kier molecular flexibility index (Phi) is 5.18. The molecule has 3 aromatic rings. The molecule has 0 aliphatic heterocycles. The average molecular weight is 383 g/mol. The van der Waals surface area contributed by atoms with Gasteiger partial charge in [0.2, 0.25) is 0 Å². The lowest BCUT2D eigenvalue weighted by Gasteiger charge is -2.08. The number of nitrogens with one attached hydrogen (secondary N) is 2. The summed E-state index contributed by atoms with van der Waals surface area (Å²) in [6.07, 6.45) is 3.33. The van der Waals surface area contributed by atoms with Crippen LogP contribution in [-0.4, -0.2) is 15.9 Å². The third kappa shape index (κ3) is 4.39. The maximum atomic E-state index is 12.1. The number of anilines is 2. The molecule has 24 heavy (non-hydrogen) atoms. The van der Waals surface area contributed by atoms with Gasteiger partial charge in [0.25, 0.3) is 5.91 Å². The van der Waals surface area contributed by atoms with Crippen LogP contribution in [0.4, 0.5) is 11.4 Å². The van der Waals surface area contributed by atoms with Gasteiger partial charge >= 0.3 is 0 Å². The molecule has 1 amide bonds. The minimum absolute atomic E-state index is 0.227. The van der Waals surface area contributed by atoms with Gasteiger partial charge in [-0.05, 0) is 42.5 Å². The molecule has 0 unspecified atom stereocenters. The number of carbonyl (C=O) groups excluding carboxylic acids is 1. The van der Waals surface area contributed by atoms with Crippen LogP contribution >= 0.6 is 15.9 Å². The Morgan fingerprint density at radius 3 is 2.62 bits per heavy atom. The smallest absolute Gasteiger partial charge is 0.270 e. The summed E-state index contributed by atoms with van der Waals surface area (Å²) in [5.41, 5.74) is 2.93. The molecule has 6 heteroatoms. The highest BCUT2D eigenvalue weighted by atomic mass is 79.9. The first kappa shape index (κ1) is 16.1. The highest BCUT2D eigenvalue weighted by Crippen LogP contribution is 2.20. The second-order valence-electron chi connectivity index (χ2n) is 5.07. The van der Waals surface area contributed by atoms with Gasteiger partial charge in [0.1, 0.15) is 5.69 Å². The molecule has 2 heterocycles. The lowest BCUT2D eigenvalue weighted by Crippen LogP contribution is -2.24. The molecular weight excluding hydrogens is 368 g/mol. The molecule has 1 aromatic carbocycles. The first-order valence-electron chi connectivity index (χ1n) is 7.37. The van der Waals surface area contributed by atoms with Crippen LogP contribution in [0.25, 0.3) is 0 Å². The monoisotopic (exact) mass is 382 g/mol. The molecule has 2 aromatic heterocycles. The summed E-state index contributed by atoms with van der Waals surface area (Å²) in [4.78, 5) is 20.5. The molecule has 0 fully saturated rings. The molecular formula is C18H15BrN4O. The average Bonchev–Trinajstić information content (AvgIpc) is 2.61. The van der Waals surface area contributed by atoms with E-state index in [0.29, 0.717) is 12.2 Å². The summed E-state index contributed by atoms with van der Waals surface area (Å²) in [5, 5.41) is 6.04. The zero-order valence-corrected chi connectivity index (χ0v) is 14.3. The van der Waals surface area contributed by atoms with Gasteiger partial charge < -0.3 is 10.6 Å². The van der Waals surface area contributed by atoms with Crippen LogP contribution in [0.3, 0.4) is 0 Å². The van der Waals surface area contributed by atoms with E-state index in [1.807, 2.05) is 48.5 Å². The molecule has 0 spiro atoms. The molecule has 0 saturated carbocycles. The molecule has 0 atom stereocenters. The summed E-state index contributed by atoms with van der Waals surface area (Å²) < 4.78 is 0.992. The van der Waals surface area contributed by atoms with Gasteiger partial charge in [-0.15, -0.1) is 0 Å². The van der Waals surface area contributed by atoms with E-state index in [2.05, 4.69) is 36.5 Å². The van der Waals surface area contributed by atoms with Crippen LogP contribution in [0.1, 0.15) is 16.2 Å². The quantitative estimate of drug-likeness (QED) is 0.701. The first-order chi connectivity index (χ1) is 11.7. The fourth-order valence-electron chi connectivity index (χ4n) is 2.10. The molecule has 0 saturated heterocycles. The highest BCUT2D eigenvalue weighted by molar-refractivity contribution is 9.10. The molecule has 0 aliphatic rings. The Bertz CT molecular complexity index is 822.